The highest BCUT2D eigenvalue weighted by atomic mass is 19.1. The first-order valence-corrected chi connectivity index (χ1v) is 8.73. The Morgan fingerprint density at radius 3 is 2.40 bits per heavy atom. The van der Waals surface area contributed by atoms with Crippen LogP contribution in [0.15, 0.2) is 54.6 Å². The Bertz CT molecular complexity index is 684. The number of nitrogens with one attached hydrogen (secondary N) is 1. The van der Waals surface area contributed by atoms with Crippen LogP contribution in [-0.4, -0.2) is 55.0 Å². The Hall–Kier alpha value is -2.24. The van der Waals surface area contributed by atoms with Gasteiger partial charge in [-0.15, -0.1) is 0 Å². The topological polar surface area (TPSA) is 35.6 Å². The second kappa shape index (κ2) is 8.74. The van der Waals surface area contributed by atoms with Crippen molar-refractivity contribution in [3.05, 3.63) is 66.0 Å². The van der Waals surface area contributed by atoms with Crippen molar-refractivity contribution in [2.45, 2.75) is 6.42 Å². The maximum absolute atomic E-state index is 13.1. The molecule has 1 heterocycles. The first-order chi connectivity index (χ1) is 12.2. The summed E-state index contributed by atoms with van der Waals surface area (Å²) in [6.07, 6.45) is 1.06. The van der Waals surface area contributed by atoms with E-state index in [2.05, 4.69) is 39.4 Å². The lowest BCUT2D eigenvalue weighted by atomic mass is 10.1. The van der Waals surface area contributed by atoms with Gasteiger partial charge in [0.25, 0.3) is 0 Å². The molecule has 0 saturated carbocycles. The minimum absolute atomic E-state index is 0.0941. The zero-order chi connectivity index (χ0) is 17.5. The molecule has 0 unspecified atom stereocenters. The van der Waals surface area contributed by atoms with Gasteiger partial charge in [-0.1, -0.05) is 36.4 Å². The fourth-order valence-corrected chi connectivity index (χ4v) is 3.07. The molecule has 1 N–H and O–H groups in total. The summed E-state index contributed by atoms with van der Waals surface area (Å²) in [6, 6.07) is 16.5. The number of piperazine rings is 1. The second-order valence-electron chi connectivity index (χ2n) is 6.41. The van der Waals surface area contributed by atoms with E-state index in [1.165, 1.54) is 17.7 Å². The van der Waals surface area contributed by atoms with E-state index in [1.54, 1.807) is 12.1 Å². The number of amides is 1. The lowest BCUT2D eigenvalue weighted by Crippen LogP contribution is -2.49. The molecular formula is C20H24FN3O. The largest absolute Gasteiger partial charge is 0.325 e. The van der Waals surface area contributed by atoms with Crippen LogP contribution in [0.25, 0.3) is 0 Å². The highest BCUT2D eigenvalue weighted by Crippen LogP contribution is 2.10. The molecule has 4 nitrogen and oxygen atoms in total. The van der Waals surface area contributed by atoms with Crippen molar-refractivity contribution in [1.29, 1.82) is 0 Å². The van der Waals surface area contributed by atoms with Crippen molar-refractivity contribution < 1.29 is 9.18 Å². The molecule has 132 valence electrons. The van der Waals surface area contributed by atoms with E-state index < -0.39 is 0 Å². The summed E-state index contributed by atoms with van der Waals surface area (Å²) in [6.45, 7) is 5.10. The van der Waals surface area contributed by atoms with Crippen LogP contribution in [0.2, 0.25) is 0 Å². The molecule has 25 heavy (non-hydrogen) atoms. The van der Waals surface area contributed by atoms with Gasteiger partial charge in [-0.2, -0.15) is 0 Å². The van der Waals surface area contributed by atoms with Crippen molar-refractivity contribution >= 4 is 11.6 Å². The zero-order valence-electron chi connectivity index (χ0n) is 14.3. The molecule has 0 radical (unpaired) electrons. The molecule has 3 rings (SSSR count). The highest BCUT2D eigenvalue weighted by Gasteiger charge is 2.18. The maximum atomic E-state index is 13.1. The number of carbonyl (C=O) groups excluding carboxylic acids is 1. The number of benzene rings is 2. The Morgan fingerprint density at radius 1 is 0.960 bits per heavy atom. The van der Waals surface area contributed by atoms with Crippen LogP contribution in [-0.2, 0) is 11.2 Å². The van der Waals surface area contributed by atoms with E-state index in [9.17, 15) is 9.18 Å². The van der Waals surface area contributed by atoms with Crippen molar-refractivity contribution in [3.63, 3.8) is 0 Å². The summed E-state index contributed by atoms with van der Waals surface area (Å²) in [5.41, 5.74) is 1.87. The zero-order valence-corrected chi connectivity index (χ0v) is 14.3. The molecule has 2 aromatic rings. The average Bonchev–Trinajstić information content (AvgIpc) is 2.62. The van der Waals surface area contributed by atoms with Crippen molar-refractivity contribution in [1.82, 2.24) is 9.80 Å². The van der Waals surface area contributed by atoms with E-state index in [4.69, 9.17) is 0 Å². The van der Waals surface area contributed by atoms with E-state index in [0.29, 0.717) is 12.2 Å². The monoisotopic (exact) mass is 341 g/mol. The number of anilines is 1. The van der Waals surface area contributed by atoms with Crippen LogP contribution in [0.1, 0.15) is 5.56 Å². The Kier molecular flexibility index (Phi) is 6.14. The summed E-state index contributed by atoms with van der Waals surface area (Å²) in [5, 5.41) is 2.75. The van der Waals surface area contributed by atoms with E-state index in [-0.39, 0.29) is 11.7 Å². The van der Waals surface area contributed by atoms with E-state index in [1.807, 2.05) is 6.07 Å². The van der Waals surface area contributed by atoms with Gasteiger partial charge in [0.2, 0.25) is 5.91 Å². The van der Waals surface area contributed by atoms with Crippen LogP contribution in [0, 0.1) is 5.82 Å². The molecule has 1 saturated heterocycles. The quantitative estimate of drug-likeness (QED) is 0.877. The molecule has 1 aliphatic heterocycles. The molecule has 1 aliphatic rings. The van der Waals surface area contributed by atoms with Gasteiger partial charge in [0.15, 0.2) is 0 Å². The van der Waals surface area contributed by atoms with Crippen LogP contribution in [0.3, 0.4) is 0 Å². The number of hydrogen-bond acceptors (Lipinski definition) is 3. The van der Waals surface area contributed by atoms with Crippen LogP contribution >= 0.6 is 0 Å². The predicted molar refractivity (Wildman–Crippen MR) is 98.1 cm³/mol. The summed E-state index contributed by atoms with van der Waals surface area (Å²) < 4.78 is 13.1. The Balaban J connectivity index is 1.38. The van der Waals surface area contributed by atoms with E-state index in [0.717, 1.165) is 39.1 Å². The van der Waals surface area contributed by atoms with Crippen LogP contribution < -0.4 is 5.32 Å². The number of hydrogen-bond donors (Lipinski definition) is 1. The molecule has 1 fully saturated rings. The molecule has 0 bridgehead atoms. The molecule has 2 aromatic carbocycles. The van der Waals surface area contributed by atoms with Crippen molar-refractivity contribution in [2.24, 2.45) is 0 Å². The highest BCUT2D eigenvalue weighted by molar-refractivity contribution is 5.92. The summed E-state index contributed by atoms with van der Waals surface area (Å²) in [4.78, 5) is 16.7. The smallest absolute Gasteiger partial charge is 0.238 e. The molecule has 0 aliphatic carbocycles. The minimum Gasteiger partial charge on any atom is -0.325 e. The third-order valence-electron chi connectivity index (χ3n) is 4.50. The number of nitrogens with zero attached hydrogens (tertiary/aromatic N) is 2. The molecule has 0 spiro atoms. The van der Waals surface area contributed by atoms with Crippen molar-refractivity contribution in [2.75, 3.05) is 44.6 Å². The molecule has 1 amide bonds. The van der Waals surface area contributed by atoms with Crippen LogP contribution in [0.4, 0.5) is 10.1 Å². The second-order valence-corrected chi connectivity index (χ2v) is 6.41. The standard InChI is InChI=1S/C20H24FN3O/c21-18-7-4-8-19(15-18)22-20(25)16-24-13-11-23(12-14-24)10-9-17-5-2-1-3-6-17/h1-8,15H,9-14,16H2,(H,22,25). The lowest BCUT2D eigenvalue weighted by molar-refractivity contribution is -0.117. The van der Waals surface area contributed by atoms with Crippen LogP contribution in [0.5, 0.6) is 0 Å². The van der Waals surface area contributed by atoms with Gasteiger partial charge >= 0.3 is 0 Å². The van der Waals surface area contributed by atoms with Crippen molar-refractivity contribution in [3.8, 4) is 0 Å². The fourth-order valence-electron chi connectivity index (χ4n) is 3.07. The number of halogens is 1. The summed E-state index contributed by atoms with van der Waals surface area (Å²) in [7, 11) is 0. The summed E-state index contributed by atoms with van der Waals surface area (Å²) >= 11 is 0. The maximum Gasteiger partial charge on any atom is 0.238 e. The third kappa shape index (κ3) is 5.66. The number of carbonyl (C=O) groups is 1. The van der Waals surface area contributed by atoms with Gasteiger partial charge in [-0.3, -0.25) is 9.69 Å². The Labute approximate surface area is 148 Å². The predicted octanol–water partition coefficient (Wildman–Crippen LogP) is 2.62. The summed E-state index contributed by atoms with van der Waals surface area (Å²) in [5.74, 6) is -0.437. The van der Waals surface area contributed by atoms with E-state index >= 15 is 0 Å². The first-order valence-electron chi connectivity index (χ1n) is 8.73. The van der Waals surface area contributed by atoms with Gasteiger partial charge in [0, 0.05) is 38.4 Å². The van der Waals surface area contributed by atoms with Gasteiger partial charge in [0.1, 0.15) is 5.82 Å². The minimum atomic E-state index is -0.343. The number of rotatable bonds is 6. The molecular weight excluding hydrogens is 317 g/mol. The molecule has 5 heteroatoms. The normalized spacial score (nSPS) is 15.9. The first kappa shape index (κ1) is 17.6. The van der Waals surface area contributed by atoms with Gasteiger partial charge in [-0.05, 0) is 30.2 Å². The SMILES string of the molecule is O=C(CN1CCN(CCc2ccccc2)CC1)Nc1cccc(F)c1. The Morgan fingerprint density at radius 2 is 1.68 bits per heavy atom. The molecule has 0 atom stereocenters. The molecule has 0 aromatic heterocycles. The lowest BCUT2D eigenvalue weighted by Gasteiger charge is -2.34. The van der Waals surface area contributed by atoms with Gasteiger partial charge in [-0.25, -0.2) is 4.39 Å². The average molecular weight is 341 g/mol. The van der Waals surface area contributed by atoms with Gasteiger partial charge in [0.05, 0.1) is 6.54 Å². The third-order valence-corrected chi connectivity index (χ3v) is 4.50. The fraction of sp³-hybridized carbons (Fsp3) is 0.350. The van der Waals surface area contributed by atoms with Gasteiger partial charge < -0.3 is 10.2 Å².